The Balaban J connectivity index is 1.79. The molecule has 5 nitrogen and oxygen atoms in total. The number of aromatic nitrogens is 1. The minimum Gasteiger partial charge on any atom is -0.377 e. The molecule has 2 fully saturated rings. The maximum Gasteiger partial charge on any atom is 0.270 e. The van der Waals surface area contributed by atoms with E-state index in [1.807, 2.05) is 17.0 Å². The van der Waals surface area contributed by atoms with E-state index in [0.717, 1.165) is 38.0 Å². The molecule has 116 valence electrons. The fraction of sp³-hybridized carbons (Fsp3) is 0.688. The summed E-state index contributed by atoms with van der Waals surface area (Å²) in [5, 5.41) is 3.38. The van der Waals surface area contributed by atoms with Crippen LogP contribution in [0.25, 0.3) is 0 Å². The van der Waals surface area contributed by atoms with Gasteiger partial charge in [0.25, 0.3) is 5.91 Å². The summed E-state index contributed by atoms with van der Waals surface area (Å²) in [6.45, 7) is 6.20. The Morgan fingerprint density at radius 1 is 1.43 bits per heavy atom. The Kier molecular flexibility index (Phi) is 4.60. The number of nitrogens with zero attached hydrogens (tertiary/aromatic N) is 2. The number of rotatable bonds is 3. The molecule has 2 saturated heterocycles. The minimum atomic E-state index is 0.161. The smallest absolute Gasteiger partial charge is 0.270 e. The van der Waals surface area contributed by atoms with Crippen LogP contribution < -0.4 is 5.32 Å². The van der Waals surface area contributed by atoms with Crippen LogP contribution in [0.5, 0.6) is 0 Å². The average Bonchev–Trinajstić information content (AvgIpc) is 3.04. The van der Waals surface area contributed by atoms with Gasteiger partial charge in [0.05, 0.1) is 19.3 Å². The molecule has 1 N–H and O–H groups in total. The lowest BCUT2D eigenvalue weighted by atomic mass is 10.1. The van der Waals surface area contributed by atoms with Gasteiger partial charge in [-0.25, -0.2) is 0 Å². The van der Waals surface area contributed by atoms with E-state index in [1.165, 1.54) is 0 Å². The van der Waals surface area contributed by atoms with Crippen molar-refractivity contribution in [2.45, 2.75) is 38.3 Å². The van der Waals surface area contributed by atoms with Crippen molar-refractivity contribution in [3.8, 4) is 0 Å². The Morgan fingerprint density at radius 2 is 2.24 bits per heavy atom. The first-order valence-electron chi connectivity index (χ1n) is 8.07. The van der Waals surface area contributed by atoms with E-state index in [2.05, 4.69) is 23.0 Å². The van der Waals surface area contributed by atoms with Gasteiger partial charge in [0.2, 0.25) is 0 Å². The molecular formula is C16H25N3O2. The molecule has 3 rings (SSSR count). The molecule has 2 aliphatic heterocycles. The maximum atomic E-state index is 12.9. The third-order valence-electron chi connectivity index (χ3n) is 4.66. The molecule has 21 heavy (non-hydrogen) atoms. The van der Waals surface area contributed by atoms with Gasteiger partial charge in [-0.15, -0.1) is 0 Å². The molecule has 0 radical (unpaired) electrons. The van der Waals surface area contributed by atoms with Crippen molar-refractivity contribution in [3.63, 3.8) is 0 Å². The first-order chi connectivity index (χ1) is 10.3. The van der Waals surface area contributed by atoms with Crippen LogP contribution in [0.15, 0.2) is 18.3 Å². The van der Waals surface area contributed by atoms with E-state index >= 15 is 0 Å². The lowest BCUT2D eigenvalue weighted by Gasteiger charge is -2.36. The van der Waals surface area contributed by atoms with Gasteiger partial charge in [0.1, 0.15) is 5.69 Å². The molecule has 1 atom stereocenters. The van der Waals surface area contributed by atoms with Crippen molar-refractivity contribution in [2.24, 2.45) is 0 Å². The molecule has 0 saturated carbocycles. The summed E-state index contributed by atoms with van der Waals surface area (Å²) in [5.41, 5.74) is 0.835. The van der Waals surface area contributed by atoms with Crippen LogP contribution >= 0.6 is 0 Å². The largest absolute Gasteiger partial charge is 0.377 e. The van der Waals surface area contributed by atoms with Gasteiger partial charge in [-0.05, 0) is 44.5 Å². The molecule has 1 amide bonds. The van der Waals surface area contributed by atoms with Crippen LogP contribution in [0.3, 0.4) is 0 Å². The van der Waals surface area contributed by atoms with Crippen LogP contribution in [0.1, 0.15) is 42.7 Å². The zero-order valence-electron chi connectivity index (χ0n) is 12.8. The average molecular weight is 291 g/mol. The number of hydrogen-bond acceptors (Lipinski definition) is 3. The van der Waals surface area contributed by atoms with Gasteiger partial charge in [0, 0.05) is 18.8 Å². The molecule has 1 aromatic rings. The highest BCUT2D eigenvalue weighted by atomic mass is 16.5. The molecule has 3 heterocycles. The molecule has 0 aliphatic carbocycles. The predicted octanol–water partition coefficient (Wildman–Crippen LogP) is 1.66. The number of morpholine rings is 1. The van der Waals surface area contributed by atoms with Crippen LogP contribution in [0, 0.1) is 0 Å². The fourth-order valence-electron chi connectivity index (χ4n) is 3.39. The van der Waals surface area contributed by atoms with Gasteiger partial charge in [-0.2, -0.15) is 0 Å². The lowest BCUT2D eigenvalue weighted by molar-refractivity contribution is -0.00348. The Morgan fingerprint density at radius 3 is 3.00 bits per heavy atom. The SMILES string of the molecule is CCC1COCCN1C(=O)c1cccn1C1CCNCC1. The number of ether oxygens (including phenoxy) is 1. The normalized spacial score (nSPS) is 24.2. The molecule has 0 aromatic carbocycles. The first-order valence-corrected chi connectivity index (χ1v) is 8.07. The van der Waals surface area contributed by atoms with Gasteiger partial charge in [-0.3, -0.25) is 4.79 Å². The topological polar surface area (TPSA) is 46.5 Å². The van der Waals surface area contributed by atoms with E-state index in [1.54, 1.807) is 0 Å². The lowest BCUT2D eigenvalue weighted by Crippen LogP contribution is -2.49. The molecule has 0 spiro atoms. The van der Waals surface area contributed by atoms with Crippen LogP contribution in [0.4, 0.5) is 0 Å². The summed E-state index contributed by atoms with van der Waals surface area (Å²) >= 11 is 0. The van der Waals surface area contributed by atoms with Crippen molar-refractivity contribution in [3.05, 3.63) is 24.0 Å². The maximum absolute atomic E-state index is 12.9. The van der Waals surface area contributed by atoms with Crippen LogP contribution in [-0.4, -0.2) is 54.3 Å². The predicted molar refractivity (Wildman–Crippen MR) is 81.5 cm³/mol. The minimum absolute atomic E-state index is 0.161. The second-order valence-electron chi connectivity index (χ2n) is 5.92. The molecule has 2 aliphatic rings. The highest BCUT2D eigenvalue weighted by Crippen LogP contribution is 2.23. The van der Waals surface area contributed by atoms with E-state index < -0.39 is 0 Å². The third kappa shape index (κ3) is 2.99. The number of hydrogen-bond donors (Lipinski definition) is 1. The Labute approximate surface area is 126 Å². The van der Waals surface area contributed by atoms with Gasteiger partial charge < -0.3 is 19.5 Å². The van der Waals surface area contributed by atoms with Gasteiger partial charge in [0.15, 0.2) is 0 Å². The van der Waals surface area contributed by atoms with E-state index in [-0.39, 0.29) is 11.9 Å². The number of nitrogens with one attached hydrogen (secondary N) is 1. The molecule has 1 aromatic heterocycles. The monoisotopic (exact) mass is 291 g/mol. The van der Waals surface area contributed by atoms with Crippen LogP contribution in [0.2, 0.25) is 0 Å². The zero-order valence-corrected chi connectivity index (χ0v) is 12.8. The standard InChI is InChI=1S/C16H25N3O2/c1-2-13-12-21-11-10-19(13)16(20)15-4-3-9-18(15)14-5-7-17-8-6-14/h3-4,9,13-14,17H,2,5-8,10-12H2,1H3. The summed E-state index contributed by atoms with van der Waals surface area (Å²) in [4.78, 5) is 14.9. The molecular weight excluding hydrogens is 266 g/mol. The molecule has 1 unspecified atom stereocenters. The summed E-state index contributed by atoms with van der Waals surface area (Å²) in [6, 6.07) is 4.62. The van der Waals surface area contributed by atoms with Crippen LogP contribution in [-0.2, 0) is 4.74 Å². The van der Waals surface area contributed by atoms with E-state index in [4.69, 9.17) is 4.74 Å². The van der Waals surface area contributed by atoms with Gasteiger partial charge in [-0.1, -0.05) is 6.92 Å². The van der Waals surface area contributed by atoms with E-state index in [9.17, 15) is 4.79 Å². The second-order valence-corrected chi connectivity index (χ2v) is 5.92. The summed E-state index contributed by atoms with van der Waals surface area (Å²) in [7, 11) is 0. The highest BCUT2D eigenvalue weighted by molar-refractivity contribution is 5.93. The van der Waals surface area contributed by atoms with Crippen molar-refractivity contribution >= 4 is 5.91 Å². The van der Waals surface area contributed by atoms with Crippen molar-refractivity contribution in [1.82, 2.24) is 14.8 Å². The molecule has 0 bridgehead atoms. The highest BCUT2D eigenvalue weighted by Gasteiger charge is 2.29. The Bertz CT molecular complexity index is 480. The summed E-state index contributed by atoms with van der Waals surface area (Å²) in [5.74, 6) is 0.161. The van der Waals surface area contributed by atoms with Crippen molar-refractivity contribution < 1.29 is 9.53 Å². The number of piperidine rings is 1. The van der Waals surface area contributed by atoms with Crippen molar-refractivity contribution in [2.75, 3.05) is 32.8 Å². The second kappa shape index (κ2) is 6.62. The third-order valence-corrected chi connectivity index (χ3v) is 4.66. The van der Waals surface area contributed by atoms with Crippen molar-refractivity contribution in [1.29, 1.82) is 0 Å². The summed E-state index contributed by atoms with van der Waals surface area (Å²) in [6.07, 6.45) is 5.19. The quantitative estimate of drug-likeness (QED) is 0.921. The fourth-order valence-corrected chi connectivity index (χ4v) is 3.39. The first kappa shape index (κ1) is 14.6. The zero-order chi connectivity index (χ0) is 14.7. The Hall–Kier alpha value is -1.33. The van der Waals surface area contributed by atoms with E-state index in [0.29, 0.717) is 25.8 Å². The number of carbonyl (C=O) groups excluding carboxylic acids is 1. The number of carbonyl (C=O) groups is 1. The van der Waals surface area contributed by atoms with Gasteiger partial charge >= 0.3 is 0 Å². The summed E-state index contributed by atoms with van der Waals surface area (Å²) < 4.78 is 7.69. The molecule has 5 heteroatoms. The number of amides is 1.